The minimum absolute atomic E-state index is 0.00146. The van der Waals surface area contributed by atoms with Crippen LogP contribution in [0.5, 0.6) is 5.88 Å². The Kier molecular flexibility index (Phi) is 10.7. The molecule has 1 heterocycles. The van der Waals surface area contributed by atoms with Crippen molar-refractivity contribution in [3.63, 3.8) is 0 Å². The molecule has 0 aliphatic carbocycles. The molecule has 0 aliphatic heterocycles. The summed E-state index contributed by atoms with van der Waals surface area (Å²) in [7, 11) is 0. The molecule has 2 aromatic rings. The van der Waals surface area contributed by atoms with Crippen LogP contribution in [0.1, 0.15) is 36.9 Å². The van der Waals surface area contributed by atoms with E-state index in [4.69, 9.17) is 54.7 Å². The highest BCUT2D eigenvalue weighted by atomic mass is 35.5. The average Bonchev–Trinajstić information content (AvgIpc) is 2.74. The van der Waals surface area contributed by atoms with Crippen molar-refractivity contribution in [1.29, 1.82) is 0 Å². The number of carbonyl (C=O) groups is 1. The van der Waals surface area contributed by atoms with Crippen molar-refractivity contribution >= 4 is 40.8 Å². The van der Waals surface area contributed by atoms with Crippen LogP contribution in [0, 0.1) is 0 Å². The van der Waals surface area contributed by atoms with Gasteiger partial charge in [-0.2, -0.15) is 4.98 Å². The highest BCUT2D eigenvalue weighted by Gasteiger charge is 2.14. The minimum atomic E-state index is -0.602. The second-order valence-electron chi connectivity index (χ2n) is 6.58. The van der Waals surface area contributed by atoms with Crippen LogP contribution in [-0.4, -0.2) is 37.4 Å². The van der Waals surface area contributed by atoms with E-state index >= 15 is 0 Å². The molecule has 6 nitrogen and oxygen atoms in total. The van der Waals surface area contributed by atoms with E-state index in [9.17, 15) is 4.79 Å². The Bertz CT molecular complexity index is 819. The van der Waals surface area contributed by atoms with E-state index in [-0.39, 0.29) is 34.3 Å². The summed E-state index contributed by atoms with van der Waals surface area (Å²) in [5, 5.41) is 0.366. The van der Waals surface area contributed by atoms with Crippen LogP contribution in [0.4, 0.5) is 0 Å². The molecule has 0 saturated carbocycles. The minimum Gasteiger partial charge on any atom is -0.465 e. The summed E-state index contributed by atoms with van der Waals surface area (Å²) in [6, 6.07) is 8.79. The summed E-state index contributed by atoms with van der Waals surface area (Å²) in [6.07, 6.45) is 3.05. The van der Waals surface area contributed by atoms with Gasteiger partial charge in [-0.15, -0.1) is 0 Å². The SMILES string of the molecule is CCCCOCCc1ccc(C(N)COC(=O)COc2nc(Cl)c(Cl)cc2Cl)cc1. The Balaban J connectivity index is 1.73. The lowest BCUT2D eigenvalue weighted by atomic mass is 10.0. The van der Waals surface area contributed by atoms with E-state index in [1.807, 2.05) is 24.3 Å². The Morgan fingerprint density at radius 3 is 2.57 bits per heavy atom. The predicted octanol–water partition coefficient (Wildman–Crippen LogP) is 5.02. The topological polar surface area (TPSA) is 83.7 Å². The second-order valence-corrected chi connectivity index (χ2v) is 7.76. The maximum absolute atomic E-state index is 11.9. The normalized spacial score (nSPS) is 11.9. The number of hydrogen-bond donors (Lipinski definition) is 1. The molecular formula is C21H25Cl3N2O4. The van der Waals surface area contributed by atoms with Gasteiger partial charge in [-0.1, -0.05) is 72.4 Å². The molecule has 0 fully saturated rings. The molecule has 0 aliphatic rings. The maximum atomic E-state index is 11.9. The van der Waals surface area contributed by atoms with Crippen LogP contribution < -0.4 is 10.5 Å². The number of benzene rings is 1. The zero-order chi connectivity index (χ0) is 21.9. The zero-order valence-electron chi connectivity index (χ0n) is 16.7. The van der Waals surface area contributed by atoms with E-state index in [1.165, 1.54) is 11.6 Å². The van der Waals surface area contributed by atoms with Crippen molar-refractivity contribution in [2.75, 3.05) is 26.4 Å². The molecule has 1 unspecified atom stereocenters. The molecule has 2 N–H and O–H groups in total. The molecule has 0 bridgehead atoms. The van der Waals surface area contributed by atoms with Gasteiger partial charge >= 0.3 is 5.97 Å². The third-order valence-corrected chi connectivity index (χ3v) is 5.13. The van der Waals surface area contributed by atoms with Crippen molar-refractivity contribution < 1.29 is 19.0 Å². The van der Waals surface area contributed by atoms with Crippen LogP contribution in [0.25, 0.3) is 0 Å². The smallest absolute Gasteiger partial charge is 0.344 e. The van der Waals surface area contributed by atoms with Crippen molar-refractivity contribution in [3.05, 3.63) is 56.7 Å². The van der Waals surface area contributed by atoms with Gasteiger partial charge in [0, 0.05) is 6.61 Å². The van der Waals surface area contributed by atoms with Gasteiger partial charge in [0.1, 0.15) is 11.6 Å². The van der Waals surface area contributed by atoms with E-state index in [2.05, 4.69) is 11.9 Å². The molecule has 2 rings (SSSR count). The lowest BCUT2D eigenvalue weighted by Gasteiger charge is -2.14. The molecule has 0 saturated heterocycles. The van der Waals surface area contributed by atoms with Crippen molar-refractivity contribution in [2.24, 2.45) is 5.73 Å². The van der Waals surface area contributed by atoms with Gasteiger partial charge < -0.3 is 19.9 Å². The Hall–Kier alpha value is -1.57. The number of nitrogens with two attached hydrogens (primary N) is 1. The Morgan fingerprint density at radius 1 is 1.13 bits per heavy atom. The first-order valence-electron chi connectivity index (χ1n) is 9.62. The highest BCUT2D eigenvalue weighted by Crippen LogP contribution is 2.30. The molecular weight excluding hydrogens is 451 g/mol. The van der Waals surface area contributed by atoms with E-state index in [0.29, 0.717) is 6.61 Å². The monoisotopic (exact) mass is 474 g/mol. The van der Waals surface area contributed by atoms with Gasteiger partial charge in [-0.05, 0) is 30.0 Å². The molecule has 0 amide bonds. The molecule has 1 aromatic heterocycles. The molecule has 0 spiro atoms. The third-order valence-electron chi connectivity index (χ3n) is 4.19. The van der Waals surface area contributed by atoms with Crippen LogP contribution >= 0.6 is 34.8 Å². The van der Waals surface area contributed by atoms with E-state index < -0.39 is 12.0 Å². The predicted molar refractivity (Wildman–Crippen MR) is 119 cm³/mol. The van der Waals surface area contributed by atoms with Crippen LogP contribution in [0.3, 0.4) is 0 Å². The number of nitrogens with zero attached hydrogens (tertiary/aromatic N) is 1. The van der Waals surface area contributed by atoms with Gasteiger partial charge in [0.2, 0.25) is 5.88 Å². The Morgan fingerprint density at radius 2 is 1.87 bits per heavy atom. The van der Waals surface area contributed by atoms with Gasteiger partial charge in [0.05, 0.1) is 17.7 Å². The fraction of sp³-hybridized carbons (Fsp3) is 0.429. The van der Waals surface area contributed by atoms with Gasteiger partial charge in [0.25, 0.3) is 0 Å². The fourth-order valence-electron chi connectivity index (χ4n) is 2.45. The largest absolute Gasteiger partial charge is 0.465 e. The molecule has 9 heteroatoms. The third kappa shape index (κ3) is 8.28. The lowest BCUT2D eigenvalue weighted by molar-refractivity contribution is -0.146. The van der Waals surface area contributed by atoms with Gasteiger partial charge in [-0.3, -0.25) is 0 Å². The van der Waals surface area contributed by atoms with Crippen molar-refractivity contribution in [3.8, 4) is 5.88 Å². The summed E-state index contributed by atoms with van der Waals surface area (Å²) in [5.41, 5.74) is 8.14. The number of rotatable bonds is 12. The lowest BCUT2D eigenvalue weighted by Crippen LogP contribution is -2.23. The summed E-state index contributed by atoms with van der Waals surface area (Å²) in [4.78, 5) is 15.8. The van der Waals surface area contributed by atoms with E-state index in [1.54, 1.807) is 0 Å². The van der Waals surface area contributed by atoms with Crippen LogP contribution in [0.15, 0.2) is 30.3 Å². The molecule has 1 atom stereocenters. The maximum Gasteiger partial charge on any atom is 0.344 e. The summed E-state index contributed by atoms with van der Waals surface area (Å²) < 4.78 is 16.0. The number of ether oxygens (including phenoxy) is 3. The van der Waals surface area contributed by atoms with Gasteiger partial charge in [-0.25, -0.2) is 4.79 Å². The van der Waals surface area contributed by atoms with Crippen LogP contribution in [0.2, 0.25) is 15.2 Å². The van der Waals surface area contributed by atoms with Crippen LogP contribution in [-0.2, 0) is 20.7 Å². The van der Waals surface area contributed by atoms with Crippen molar-refractivity contribution in [1.82, 2.24) is 4.98 Å². The quantitative estimate of drug-likeness (QED) is 0.263. The number of halogens is 3. The average molecular weight is 476 g/mol. The zero-order valence-corrected chi connectivity index (χ0v) is 19.0. The number of esters is 1. The highest BCUT2D eigenvalue weighted by molar-refractivity contribution is 6.42. The first kappa shape index (κ1) is 24.7. The molecule has 30 heavy (non-hydrogen) atoms. The fourth-order valence-corrected chi connectivity index (χ4v) is 2.99. The number of aromatic nitrogens is 1. The first-order valence-corrected chi connectivity index (χ1v) is 10.8. The molecule has 1 aromatic carbocycles. The second kappa shape index (κ2) is 13.0. The summed E-state index contributed by atoms with van der Waals surface area (Å²) in [5.74, 6) is -0.600. The summed E-state index contributed by atoms with van der Waals surface area (Å²) in [6.45, 7) is 3.26. The molecule has 0 radical (unpaired) electrons. The van der Waals surface area contributed by atoms with E-state index in [0.717, 1.165) is 31.4 Å². The molecule has 164 valence electrons. The standard InChI is InChI=1S/C21H25Cl3N2O4/c1-2-3-9-28-10-8-14-4-6-15(7-5-14)18(25)12-29-19(27)13-30-21-17(23)11-16(22)20(24)26-21/h4-7,11,18H,2-3,8-10,12-13,25H2,1H3. The number of carbonyl (C=O) groups excluding carboxylic acids is 1. The number of hydrogen-bond acceptors (Lipinski definition) is 6. The Labute approximate surface area is 191 Å². The van der Waals surface area contributed by atoms with Crippen molar-refractivity contribution in [2.45, 2.75) is 32.2 Å². The summed E-state index contributed by atoms with van der Waals surface area (Å²) >= 11 is 17.6. The number of unbranched alkanes of at least 4 members (excludes halogenated alkanes) is 1. The first-order chi connectivity index (χ1) is 14.4. The van der Waals surface area contributed by atoms with Gasteiger partial charge in [0.15, 0.2) is 11.8 Å². The number of pyridine rings is 1.